The van der Waals surface area contributed by atoms with Crippen molar-refractivity contribution in [3.05, 3.63) is 35.4 Å². The third-order valence-corrected chi connectivity index (χ3v) is 5.00. The fourth-order valence-electron chi connectivity index (χ4n) is 3.40. The molecule has 7 heteroatoms. The van der Waals surface area contributed by atoms with E-state index in [0.29, 0.717) is 0 Å². The maximum absolute atomic E-state index is 13.0. The molecule has 0 bridgehead atoms. The van der Waals surface area contributed by atoms with E-state index in [0.717, 1.165) is 31.7 Å². The van der Waals surface area contributed by atoms with Crippen LogP contribution in [0.2, 0.25) is 0 Å². The van der Waals surface area contributed by atoms with Gasteiger partial charge < -0.3 is 9.47 Å². The highest BCUT2D eigenvalue weighted by Gasteiger charge is 2.57. The van der Waals surface area contributed by atoms with Crippen LogP contribution >= 0.6 is 0 Å². The van der Waals surface area contributed by atoms with E-state index < -0.39 is 29.2 Å². The van der Waals surface area contributed by atoms with Crippen molar-refractivity contribution in [2.75, 3.05) is 13.2 Å². The number of hydrogen-bond donors (Lipinski definition) is 1. The minimum Gasteiger partial charge on any atom is -0.464 e. The summed E-state index contributed by atoms with van der Waals surface area (Å²) < 4.78 is 10.1. The summed E-state index contributed by atoms with van der Waals surface area (Å²) in [7, 11) is 0. The lowest BCUT2D eigenvalue weighted by Gasteiger charge is -2.28. The standard InChI is InChI=1S/C24H35NO6/c1-5-8-9-10-11-12-13-19-14-16-20(17-15-19)24(22(28)30-6-2,23(29)31-7-3)21(27)25-18(4)26/h14-17H,5-13H2,1-4H3,(H,25,26,27). The van der Waals surface area contributed by atoms with Crippen molar-refractivity contribution in [2.45, 2.75) is 78.1 Å². The first-order chi connectivity index (χ1) is 14.8. The third-order valence-electron chi connectivity index (χ3n) is 5.00. The number of hydrogen-bond acceptors (Lipinski definition) is 6. The highest BCUT2D eigenvalue weighted by molar-refractivity contribution is 6.27. The van der Waals surface area contributed by atoms with E-state index in [2.05, 4.69) is 12.2 Å². The summed E-state index contributed by atoms with van der Waals surface area (Å²) in [6.07, 6.45) is 7.93. The van der Waals surface area contributed by atoms with Crippen molar-refractivity contribution in [2.24, 2.45) is 0 Å². The molecule has 0 atom stereocenters. The molecule has 0 spiro atoms. The van der Waals surface area contributed by atoms with E-state index in [4.69, 9.17) is 9.47 Å². The summed E-state index contributed by atoms with van der Waals surface area (Å²) >= 11 is 0. The highest BCUT2D eigenvalue weighted by atomic mass is 16.6. The van der Waals surface area contributed by atoms with Gasteiger partial charge in [-0.05, 0) is 37.8 Å². The summed E-state index contributed by atoms with van der Waals surface area (Å²) in [5.74, 6) is -3.92. The van der Waals surface area contributed by atoms with Crippen LogP contribution in [0.25, 0.3) is 0 Å². The monoisotopic (exact) mass is 433 g/mol. The Balaban J connectivity index is 3.19. The molecule has 0 fully saturated rings. The van der Waals surface area contributed by atoms with Gasteiger partial charge in [0.05, 0.1) is 13.2 Å². The van der Waals surface area contributed by atoms with Crippen molar-refractivity contribution in [1.29, 1.82) is 0 Å². The molecule has 0 aliphatic heterocycles. The predicted molar refractivity (Wildman–Crippen MR) is 117 cm³/mol. The smallest absolute Gasteiger partial charge is 0.337 e. The highest BCUT2D eigenvalue weighted by Crippen LogP contribution is 2.29. The quantitative estimate of drug-likeness (QED) is 0.290. The van der Waals surface area contributed by atoms with Gasteiger partial charge in [-0.1, -0.05) is 63.3 Å². The molecular weight excluding hydrogens is 398 g/mol. The summed E-state index contributed by atoms with van der Waals surface area (Å²) in [5, 5.41) is 2.05. The summed E-state index contributed by atoms with van der Waals surface area (Å²) in [5.41, 5.74) is -1.27. The van der Waals surface area contributed by atoms with E-state index in [1.807, 2.05) is 0 Å². The van der Waals surface area contributed by atoms with E-state index in [1.54, 1.807) is 38.1 Å². The fourth-order valence-corrected chi connectivity index (χ4v) is 3.40. The Labute approximate surface area is 184 Å². The number of carbonyl (C=O) groups excluding carboxylic acids is 4. The molecule has 0 aliphatic carbocycles. The van der Waals surface area contributed by atoms with Gasteiger partial charge in [-0.15, -0.1) is 0 Å². The van der Waals surface area contributed by atoms with Gasteiger partial charge in [0.25, 0.3) is 11.3 Å². The number of nitrogens with one attached hydrogen (secondary N) is 1. The average Bonchev–Trinajstić information content (AvgIpc) is 2.72. The number of esters is 2. The van der Waals surface area contributed by atoms with Crippen molar-refractivity contribution in [1.82, 2.24) is 5.32 Å². The molecule has 1 aromatic rings. The fraction of sp³-hybridized carbons (Fsp3) is 0.583. The van der Waals surface area contributed by atoms with Crippen LogP contribution in [-0.4, -0.2) is 37.0 Å². The number of unbranched alkanes of at least 4 members (excludes halogenated alkanes) is 5. The van der Waals surface area contributed by atoms with Crippen LogP contribution in [-0.2, 0) is 40.5 Å². The van der Waals surface area contributed by atoms with Crippen molar-refractivity contribution < 1.29 is 28.7 Å². The van der Waals surface area contributed by atoms with Crippen LogP contribution in [0.5, 0.6) is 0 Å². The Morgan fingerprint density at radius 2 is 1.32 bits per heavy atom. The molecule has 31 heavy (non-hydrogen) atoms. The zero-order valence-electron chi connectivity index (χ0n) is 19.1. The minimum atomic E-state index is -2.41. The van der Waals surface area contributed by atoms with E-state index in [1.165, 1.54) is 25.7 Å². The normalized spacial score (nSPS) is 11.0. The minimum absolute atomic E-state index is 0.0382. The van der Waals surface area contributed by atoms with Gasteiger partial charge >= 0.3 is 11.9 Å². The molecule has 0 radical (unpaired) electrons. The average molecular weight is 434 g/mol. The van der Waals surface area contributed by atoms with Crippen LogP contribution in [0.1, 0.15) is 77.3 Å². The van der Waals surface area contributed by atoms with Crippen LogP contribution < -0.4 is 5.32 Å². The third kappa shape index (κ3) is 7.19. The molecule has 0 saturated carbocycles. The Morgan fingerprint density at radius 3 is 1.81 bits per heavy atom. The Bertz CT molecular complexity index is 723. The molecule has 7 nitrogen and oxygen atoms in total. The molecule has 1 rings (SSSR count). The molecule has 0 unspecified atom stereocenters. The van der Waals surface area contributed by atoms with Crippen LogP contribution in [0, 0.1) is 0 Å². The number of rotatable bonds is 13. The lowest BCUT2D eigenvalue weighted by atomic mass is 9.78. The van der Waals surface area contributed by atoms with E-state index in [-0.39, 0.29) is 18.8 Å². The largest absolute Gasteiger partial charge is 0.464 e. The molecule has 172 valence electrons. The number of benzene rings is 1. The molecule has 0 aromatic heterocycles. The molecule has 1 N–H and O–H groups in total. The van der Waals surface area contributed by atoms with Gasteiger partial charge in [0, 0.05) is 6.92 Å². The summed E-state index contributed by atoms with van der Waals surface area (Å²) in [6, 6.07) is 6.69. The van der Waals surface area contributed by atoms with Gasteiger partial charge in [0.2, 0.25) is 5.91 Å². The van der Waals surface area contributed by atoms with E-state index in [9.17, 15) is 19.2 Å². The first-order valence-electron chi connectivity index (χ1n) is 11.1. The van der Waals surface area contributed by atoms with Crippen molar-refractivity contribution in [3.63, 3.8) is 0 Å². The lowest BCUT2D eigenvalue weighted by molar-refractivity contribution is -0.168. The summed E-state index contributed by atoms with van der Waals surface area (Å²) in [4.78, 5) is 50.3. The van der Waals surface area contributed by atoms with Gasteiger partial charge in [-0.25, -0.2) is 9.59 Å². The maximum Gasteiger partial charge on any atom is 0.337 e. The lowest BCUT2D eigenvalue weighted by Crippen LogP contribution is -2.57. The number of imide groups is 1. The number of amides is 2. The second-order valence-electron chi connectivity index (χ2n) is 7.42. The maximum atomic E-state index is 13.0. The van der Waals surface area contributed by atoms with Gasteiger partial charge in [0.1, 0.15) is 0 Å². The molecule has 0 saturated heterocycles. The van der Waals surface area contributed by atoms with Gasteiger partial charge in [-0.3, -0.25) is 14.9 Å². The molecule has 1 aromatic carbocycles. The zero-order valence-corrected chi connectivity index (χ0v) is 19.1. The molecule has 0 aliphatic rings. The second kappa shape index (κ2) is 13.6. The van der Waals surface area contributed by atoms with Crippen molar-refractivity contribution >= 4 is 23.8 Å². The van der Waals surface area contributed by atoms with Crippen molar-refractivity contribution in [3.8, 4) is 0 Å². The van der Waals surface area contributed by atoms with Gasteiger partial charge in [-0.2, -0.15) is 0 Å². The van der Waals surface area contributed by atoms with E-state index >= 15 is 0 Å². The number of carbonyl (C=O) groups is 4. The topological polar surface area (TPSA) is 98.8 Å². The SMILES string of the molecule is CCCCCCCCc1ccc(C(C(=O)NC(C)=O)(C(=O)OCC)C(=O)OCC)cc1. The van der Waals surface area contributed by atoms with Crippen LogP contribution in [0.15, 0.2) is 24.3 Å². The molecule has 2 amide bonds. The Kier molecular flexibility index (Phi) is 11.5. The zero-order chi connectivity index (χ0) is 23.3. The Morgan fingerprint density at radius 1 is 0.806 bits per heavy atom. The molecular formula is C24H35NO6. The first kappa shape index (κ1) is 26.3. The van der Waals surface area contributed by atoms with Crippen LogP contribution in [0.4, 0.5) is 0 Å². The molecule has 0 heterocycles. The Hall–Kier alpha value is -2.70. The predicted octanol–water partition coefficient (Wildman–Crippen LogP) is 3.62. The number of aryl methyl sites for hydroxylation is 1. The summed E-state index contributed by atoms with van der Waals surface area (Å²) in [6.45, 7) is 6.38. The second-order valence-corrected chi connectivity index (χ2v) is 7.42. The van der Waals surface area contributed by atoms with Gasteiger partial charge in [0.15, 0.2) is 0 Å². The van der Waals surface area contributed by atoms with Crippen LogP contribution in [0.3, 0.4) is 0 Å². The first-order valence-corrected chi connectivity index (χ1v) is 11.1. The number of ether oxygens (including phenoxy) is 2.